The van der Waals surface area contributed by atoms with Crippen LogP contribution < -0.4 is 5.32 Å². The van der Waals surface area contributed by atoms with Gasteiger partial charge in [0, 0.05) is 6.42 Å². The molecule has 4 nitrogen and oxygen atoms in total. The monoisotopic (exact) mass is 325 g/mol. The summed E-state index contributed by atoms with van der Waals surface area (Å²) < 4.78 is 6.61. The Labute approximate surface area is 142 Å². The summed E-state index contributed by atoms with van der Waals surface area (Å²) in [5.74, 6) is 0.119. The fraction of sp³-hybridized carbons (Fsp3) is 0.842. The van der Waals surface area contributed by atoms with Crippen molar-refractivity contribution in [1.29, 1.82) is 0 Å². The molecule has 1 N–H and O–H groups in total. The summed E-state index contributed by atoms with van der Waals surface area (Å²) in [6.07, 6.45) is 12.6. The summed E-state index contributed by atoms with van der Waals surface area (Å²) in [6.45, 7) is 7.31. The zero-order valence-corrected chi connectivity index (χ0v) is 15.6. The van der Waals surface area contributed by atoms with Gasteiger partial charge in [-0.05, 0) is 19.3 Å². The number of hydrogen-bond acceptors (Lipinski definition) is 2. The molecule has 2 atom stereocenters. The molecule has 1 aliphatic heterocycles. The maximum Gasteiger partial charge on any atom is 0.224 e. The lowest BCUT2D eigenvalue weighted by atomic mass is 10.1. The molecule has 134 valence electrons. The van der Waals surface area contributed by atoms with Gasteiger partial charge in [0.15, 0.2) is 0 Å². The van der Waals surface area contributed by atoms with Gasteiger partial charge in [-0.15, -0.1) is 0 Å². The molecule has 0 aromatic heterocycles. The van der Waals surface area contributed by atoms with E-state index in [9.17, 15) is 4.79 Å². The van der Waals surface area contributed by atoms with E-state index in [-0.39, 0.29) is 5.91 Å². The number of hydrogen-bond donors (Lipinski definition) is 1. The van der Waals surface area contributed by atoms with Gasteiger partial charge < -0.3 is 14.5 Å². The Morgan fingerprint density at radius 3 is 2.57 bits per heavy atom. The second-order valence-electron chi connectivity index (χ2n) is 7.35. The predicted molar refractivity (Wildman–Crippen MR) is 96.3 cm³/mol. The van der Waals surface area contributed by atoms with Gasteiger partial charge >= 0.3 is 0 Å². The van der Waals surface area contributed by atoms with Crippen molar-refractivity contribution < 1.29 is 14.0 Å². The van der Waals surface area contributed by atoms with Crippen molar-refractivity contribution in [3.8, 4) is 0 Å². The number of rotatable bonds is 13. The molecule has 1 aliphatic rings. The van der Waals surface area contributed by atoms with Crippen molar-refractivity contribution in [2.45, 2.75) is 71.0 Å². The minimum Gasteiger partial charge on any atom is -0.369 e. The Morgan fingerprint density at radius 2 is 1.87 bits per heavy atom. The van der Waals surface area contributed by atoms with Crippen LogP contribution in [0.25, 0.3) is 0 Å². The van der Waals surface area contributed by atoms with Gasteiger partial charge in [0.2, 0.25) is 5.91 Å². The van der Waals surface area contributed by atoms with Crippen LogP contribution in [0.1, 0.15) is 58.8 Å². The van der Waals surface area contributed by atoms with Crippen LogP contribution in [0.4, 0.5) is 0 Å². The number of quaternary nitrogens is 1. The Bertz CT molecular complexity index is 366. The van der Waals surface area contributed by atoms with Crippen molar-refractivity contribution in [1.82, 2.24) is 5.32 Å². The van der Waals surface area contributed by atoms with Crippen molar-refractivity contribution in [2.75, 3.05) is 33.7 Å². The van der Waals surface area contributed by atoms with Crippen LogP contribution in [-0.4, -0.2) is 56.3 Å². The first-order valence-electron chi connectivity index (χ1n) is 9.37. The van der Waals surface area contributed by atoms with E-state index >= 15 is 0 Å². The molecule has 0 radical (unpaired) electrons. The number of ether oxygens (including phenoxy) is 1. The van der Waals surface area contributed by atoms with Crippen molar-refractivity contribution in [3.05, 3.63) is 12.2 Å². The average Bonchev–Trinajstić information content (AvgIpc) is 3.22. The van der Waals surface area contributed by atoms with Crippen molar-refractivity contribution in [3.63, 3.8) is 0 Å². The molecule has 0 aromatic carbocycles. The standard InChI is InChI=1S/C19H36N2O2/c1-5-7-8-11-17-18(23-17)12-9-10-13-19(22)20-14-16-21(3,4)15-6-2/h9-10,17-18H,5-8,11-16H2,1-4H3/p+1. The summed E-state index contributed by atoms with van der Waals surface area (Å²) >= 11 is 0. The van der Waals surface area contributed by atoms with E-state index in [0.29, 0.717) is 18.6 Å². The van der Waals surface area contributed by atoms with Gasteiger partial charge in [-0.2, -0.15) is 0 Å². The molecule has 2 unspecified atom stereocenters. The molecule has 0 spiro atoms. The zero-order valence-electron chi connectivity index (χ0n) is 15.6. The minimum atomic E-state index is 0.119. The van der Waals surface area contributed by atoms with Gasteiger partial charge in [0.1, 0.15) is 0 Å². The van der Waals surface area contributed by atoms with Crippen LogP contribution in [-0.2, 0) is 9.53 Å². The van der Waals surface area contributed by atoms with Crippen LogP contribution >= 0.6 is 0 Å². The third-order valence-corrected chi connectivity index (χ3v) is 4.49. The maximum absolute atomic E-state index is 11.8. The van der Waals surface area contributed by atoms with E-state index < -0.39 is 0 Å². The van der Waals surface area contributed by atoms with E-state index in [1.54, 1.807) is 0 Å². The Morgan fingerprint density at radius 1 is 1.09 bits per heavy atom. The largest absolute Gasteiger partial charge is 0.369 e. The fourth-order valence-corrected chi connectivity index (χ4v) is 2.94. The quantitative estimate of drug-likeness (QED) is 0.244. The van der Waals surface area contributed by atoms with Crippen LogP contribution in [0.5, 0.6) is 0 Å². The Hall–Kier alpha value is -0.870. The molecule has 1 amide bonds. The summed E-state index contributed by atoms with van der Waals surface area (Å²) in [5.41, 5.74) is 0. The Balaban J connectivity index is 2.01. The number of carbonyl (C=O) groups is 1. The SMILES string of the molecule is CCCCCC1OC1CC=CCC(=O)NCC[N+](C)(C)CCC. The number of nitrogens with one attached hydrogen (secondary N) is 1. The molecule has 0 bridgehead atoms. The first-order chi connectivity index (χ1) is 11.0. The van der Waals surface area contributed by atoms with Crippen molar-refractivity contribution >= 4 is 5.91 Å². The highest BCUT2D eigenvalue weighted by Gasteiger charge is 2.36. The molecule has 23 heavy (non-hydrogen) atoms. The molecule has 1 fully saturated rings. The number of unbranched alkanes of at least 4 members (excludes halogenated alkanes) is 2. The van der Waals surface area contributed by atoms with Gasteiger partial charge in [-0.3, -0.25) is 4.79 Å². The number of carbonyl (C=O) groups excluding carboxylic acids is 1. The van der Waals surface area contributed by atoms with Gasteiger partial charge in [-0.1, -0.05) is 45.3 Å². The van der Waals surface area contributed by atoms with Gasteiger partial charge in [0.25, 0.3) is 0 Å². The average molecular weight is 326 g/mol. The molecular weight excluding hydrogens is 288 g/mol. The number of epoxide rings is 1. The molecular formula is C19H37N2O2+. The highest BCUT2D eigenvalue weighted by molar-refractivity contribution is 5.77. The Kier molecular flexibility index (Phi) is 9.49. The lowest BCUT2D eigenvalue weighted by Gasteiger charge is -2.29. The molecule has 1 saturated heterocycles. The minimum absolute atomic E-state index is 0.119. The predicted octanol–water partition coefficient (Wildman–Crippen LogP) is 3.27. The summed E-state index contributed by atoms with van der Waals surface area (Å²) in [5, 5.41) is 3.01. The lowest BCUT2D eigenvalue weighted by molar-refractivity contribution is -0.889. The molecule has 4 heteroatoms. The number of nitrogens with zero attached hydrogens (tertiary/aromatic N) is 1. The normalized spacial score (nSPS) is 20.9. The molecule has 1 heterocycles. The smallest absolute Gasteiger partial charge is 0.224 e. The third-order valence-electron chi connectivity index (χ3n) is 4.49. The first-order valence-corrected chi connectivity index (χ1v) is 9.37. The van der Waals surface area contributed by atoms with Gasteiger partial charge in [0.05, 0.1) is 45.9 Å². The first kappa shape index (κ1) is 20.2. The summed E-state index contributed by atoms with van der Waals surface area (Å²) in [6, 6.07) is 0. The second-order valence-corrected chi connectivity index (χ2v) is 7.35. The van der Waals surface area contributed by atoms with E-state index in [4.69, 9.17) is 4.74 Å². The lowest BCUT2D eigenvalue weighted by Crippen LogP contribution is -2.45. The van der Waals surface area contributed by atoms with E-state index in [2.05, 4.69) is 39.3 Å². The zero-order chi connectivity index (χ0) is 17.1. The molecule has 0 aliphatic carbocycles. The topological polar surface area (TPSA) is 41.6 Å². The van der Waals surface area contributed by atoms with Crippen LogP contribution in [0.3, 0.4) is 0 Å². The maximum atomic E-state index is 11.8. The highest BCUT2D eigenvalue weighted by Crippen LogP contribution is 2.30. The number of amides is 1. The molecule has 0 saturated carbocycles. The van der Waals surface area contributed by atoms with Crippen LogP contribution in [0, 0.1) is 0 Å². The van der Waals surface area contributed by atoms with Crippen LogP contribution in [0.15, 0.2) is 12.2 Å². The molecule has 0 aromatic rings. The van der Waals surface area contributed by atoms with E-state index in [1.807, 2.05) is 6.08 Å². The highest BCUT2D eigenvalue weighted by atomic mass is 16.6. The molecule has 1 rings (SSSR count). The van der Waals surface area contributed by atoms with Crippen LogP contribution in [0.2, 0.25) is 0 Å². The summed E-state index contributed by atoms with van der Waals surface area (Å²) in [4.78, 5) is 11.8. The van der Waals surface area contributed by atoms with Gasteiger partial charge in [-0.25, -0.2) is 0 Å². The van der Waals surface area contributed by atoms with Crippen molar-refractivity contribution in [2.24, 2.45) is 0 Å². The summed E-state index contributed by atoms with van der Waals surface area (Å²) in [7, 11) is 4.42. The third kappa shape index (κ3) is 9.77. The second kappa shape index (κ2) is 10.8. The number of likely N-dealkylation sites (N-methyl/N-ethyl adjacent to an activating group) is 1. The van der Waals surface area contributed by atoms with E-state index in [0.717, 1.165) is 30.5 Å². The fourth-order valence-electron chi connectivity index (χ4n) is 2.94. The van der Waals surface area contributed by atoms with E-state index in [1.165, 1.54) is 32.1 Å².